The van der Waals surface area contributed by atoms with Crippen LogP contribution in [0.25, 0.3) is 0 Å². The number of hydrogen-bond acceptors (Lipinski definition) is 3. The smallest absolute Gasteiger partial charge is 0.406 e. The van der Waals surface area contributed by atoms with E-state index in [4.69, 9.17) is 5.73 Å². The van der Waals surface area contributed by atoms with Crippen LogP contribution in [0.15, 0.2) is 24.3 Å². The lowest BCUT2D eigenvalue weighted by atomic mass is 9.99. The van der Waals surface area contributed by atoms with E-state index in [-0.39, 0.29) is 5.75 Å². The van der Waals surface area contributed by atoms with Crippen molar-refractivity contribution >= 4 is 0 Å². The van der Waals surface area contributed by atoms with Gasteiger partial charge in [0.2, 0.25) is 0 Å². The fourth-order valence-electron chi connectivity index (χ4n) is 1.59. The molecular weight excluding hydrogens is 247 g/mol. The van der Waals surface area contributed by atoms with Gasteiger partial charge in [-0.1, -0.05) is 25.5 Å². The van der Waals surface area contributed by atoms with Gasteiger partial charge in [0.15, 0.2) is 0 Å². The Hall–Kier alpha value is -1.27. The highest BCUT2D eigenvalue weighted by atomic mass is 19.4. The summed E-state index contributed by atoms with van der Waals surface area (Å²) in [4.78, 5) is 0. The van der Waals surface area contributed by atoms with Gasteiger partial charge in [-0.2, -0.15) is 0 Å². The van der Waals surface area contributed by atoms with E-state index in [1.54, 1.807) is 0 Å². The van der Waals surface area contributed by atoms with Gasteiger partial charge in [0, 0.05) is 0 Å². The Labute approximate surface area is 103 Å². The number of ether oxygens (including phenoxy) is 1. The quantitative estimate of drug-likeness (QED) is 0.858. The Morgan fingerprint density at radius 3 is 2.28 bits per heavy atom. The molecule has 0 aliphatic rings. The molecule has 0 aliphatic heterocycles. The number of alkyl halides is 3. The van der Waals surface area contributed by atoms with Gasteiger partial charge in [-0.15, -0.1) is 13.2 Å². The molecule has 0 aromatic heterocycles. The summed E-state index contributed by atoms with van der Waals surface area (Å²) in [6.07, 6.45) is -4.08. The van der Waals surface area contributed by atoms with Crippen LogP contribution in [-0.4, -0.2) is 17.6 Å². The highest BCUT2D eigenvalue weighted by Crippen LogP contribution is 2.25. The van der Waals surface area contributed by atoms with Crippen LogP contribution in [0, 0.1) is 0 Å². The molecule has 0 unspecified atom stereocenters. The first-order valence-electron chi connectivity index (χ1n) is 5.63. The van der Waals surface area contributed by atoms with Gasteiger partial charge in [-0.3, -0.25) is 0 Å². The molecule has 0 spiro atoms. The fourth-order valence-corrected chi connectivity index (χ4v) is 1.59. The molecule has 0 fully saturated rings. The Kier molecular flexibility index (Phi) is 4.98. The molecule has 18 heavy (non-hydrogen) atoms. The third-order valence-corrected chi connectivity index (χ3v) is 2.50. The summed E-state index contributed by atoms with van der Waals surface area (Å²) in [5, 5.41) is 9.69. The van der Waals surface area contributed by atoms with Gasteiger partial charge >= 0.3 is 6.36 Å². The molecule has 1 aromatic rings. The van der Waals surface area contributed by atoms with Crippen molar-refractivity contribution in [3.63, 3.8) is 0 Å². The Bertz CT molecular complexity index is 365. The van der Waals surface area contributed by atoms with Gasteiger partial charge < -0.3 is 15.6 Å². The number of nitrogens with two attached hydrogens (primary N) is 1. The molecule has 0 saturated carbocycles. The summed E-state index contributed by atoms with van der Waals surface area (Å²) in [6, 6.07) is 4.60. The van der Waals surface area contributed by atoms with Crippen molar-refractivity contribution in [1.82, 2.24) is 0 Å². The monoisotopic (exact) mass is 263 g/mol. The van der Waals surface area contributed by atoms with E-state index in [0.717, 1.165) is 6.42 Å². The molecule has 2 atom stereocenters. The van der Waals surface area contributed by atoms with E-state index < -0.39 is 18.5 Å². The maximum Gasteiger partial charge on any atom is 0.573 e. The van der Waals surface area contributed by atoms with Crippen LogP contribution in [0.3, 0.4) is 0 Å². The van der Waals surface area contributed by atoms with Crippen molar-refractivity contribution in [2.24, 2.45) is 5.73 Å². The molecule has 0 radical (unpaired) electrons. The standard InChI is InChI=1S/C12H16F3NO2/c1-2-3-10(17)11(16)8-4-6-9(7-5-8)18-12(13,14)15/h4-7,10-11,17H,2-3,16H2,1H3/t10-,11+/m1/s1. The van der Waals surface area contributed by atoms with E-state index in [0.29, 0.717) is 12.0 Å². The average Bonchev–Trinajstić information content (AvgIpc) is 2.27. The van der Waals surface area contributed by atoms with Gasteiger partial charge in [-0.25, -0.2) is 0 Å². The first-order valence-corrected chi connectivity index (χ1v) is 5.63. The minimum absolute atomic E-state index is 0.302. The van der Waals surface area contributed by atoms with E-state index in [2.05, 4.69) is 4.74 Å². The summed E-state index contributed by atoms with van der Waals surface area (Å²) >= 11 is 0. The maximum absolute atomic E-state index is 11.9. The minimum atomic E-state index is -4.70. The number of halogens is 3. The summed E-state index contributed by atoms with van der Waals surface area (Å²) in [5.74, 6) is -0.302. The fraction of sp³-hybridized carbons (Fsp3) is 0.500. The van der Waals surface area contributed by atoms with Gasteiger partial charge in [0.1, 0.15) is 5.75 Å². The Balaban J connectivity index is 2.70. The number of benzene rings is 1. The highest BCUT2D eigenvalue weighted by molar-refractivity contribution is 5.29. The molecule has 0 heterocycles. The van der Waals surface area contributed by atoms with E-state index in [1.165, 1.54) is 24.3 Å². The second kappa shape index (κ2) is 6.06. The molecule has 0 amide bonds. The zero-order valence-electron chi connectivity index (χ0n) is 9.95. The zero-order chi connectivity index (χ0) is 13.8. The molecule has 0 aliphatic carbocycles. The largest absolute Gasteiger partial charge is 0.573 e. The van der Waals surface area contributed by atoms with Gasteiger partial charge in [0.05, 0.1) is 12.1 Å². The first-order chi connectivity index (χ1) is 8.33. The molecular formula is C12H16F3NO2. The maximum atomic E-state index is 11.9. The normalized spacial score (nSPS) is 15.2. The summed E-state index contributed by atoms with van der Waals surface area (Å²) in [5.41, 5.74) is 6.36. The van der Waals surface area contributed by atoms with E-state index >= 15 is 0 Å². The van der Waals surface area contributed by atoms with Crippen LogP contribution in [0.5, 0.6) is 5.75 Å². The van der Waals surface area contributed by atoms with Crippen molar-refractivity contribution in [2.45, 2.75) is 38.3 Å². The second-order valence-corrected chi connectivity index (χ2v) is 4.00. The van der Waals surface area contributed by atoms with Crippen molar-refractivity contribution in [3.8, 4) is 5.75 Å². The van der Waals surface area contributed by atoms with Crippen LogP contribution in [0.4, 0.5) is 13.2 Å². The lowest BCUT2D eigenvalue weighted by molar-refractivity contribution is -0.274. The third kappa shape index (κ3) is 4.54. The number of hydrogen-bond donors (Lipinski definition) is 2. The number of rotatable bonds is 5. The minimum Gasteiger partial charge on any atom is -0.406 e. The van der Waals surface area contributed by atoms with Crippen molar-refractivity contribution < 1.29 is 23.0 Å². The van der Waals surface area contributed by atoms with E-state index in [1.807, 2.05) is 6.92 Å². The predicted molar refractivity (Wildman–Crippen MR) is 61.0 cm³/mol. The van der Waals surface area contributed by atoms with Crippen LogP contribution in [0.2, 0.25) is 0 Å². The van der Waals surface area contributed by atoms with E-state index in [9.17, 15) is 18.3 Å². The van der Waals surface area contributed by atoms with Crippen LogP contribution >= 0.6 is 0 Å². The first kappa shape index (κ1) is 14.8. The van der Waals surface area contributed by atoms with Gasteiger partial charge in [-0.05, 0) is 24.1 Å². The van der Waals surface area contributed by atoms with Crippen molar-refractivity contribution in [3.05, 3.63) is 29.8 Å². The highest BCUT2D eigenvalue weighted by Gasteiger charge is 2.31. The molecule has 3 N–H and O–H groups in total. The predicted octanol–water partition coefficient (Wildman–Crippen LogP) is 2.75. The lowest BCUT2D eigenvalue weighted by Crippen LogP contribution is -2.26. The third-order valence-electron chi connectivity index (χ3n) is 2.50. The number of aliphatic hydroxyl groups is 1. The molecule has 6 heteroatoms. The molecule has 0 saturated heterocycles. The van der Waals surface area contributed by atoms with Crippen molar-refractivity contribution in [2.75, 3.05) is 0 Å². The Morgan fingerprint density at radius 2 is 1.83 bits per heavy atom. The molecule has 3 nitrogen and oxygen atoms in total. The number of aliphatic hydroxyl groups excluding tert-OH is 1. The molecule has 1 rings (SSSR count). The lowest BCUT2D eigenvalue weighted by Gasteiger charge is -2.19. The zero-order valence-corrected chi connectivity index (χ0v) is 9.95. The van der Waals surface area contributed by atoms with Gasteiger partial charge in [0.25, 0.3) is 0 Å². The van der Waals surface area contributed by atoms with Crippen LogP contribution < -0.4 is 10.5 Å². The summed E-state index contributed by atoms with van der Waals surface area (Å²) in [6.45, 7) is 1.91. The summed E-state index contributed by atoms with van der Waals surface area (Å²) in [7, 11) is 0. The van der Waals surface area contributed by atoms with Crippen LogP contribution in [-0.2, 0) is 0 Å². The van der Waals surface area contributed by atoms with Crippen LogP contribution in [0.1, 0.15) is 31.4 Å². The SMILES string of the molecule is CCC[C@@H](O)[C@@H](N)c1ccc(OC(F)(F)F)cc1. The topological polar surface area (TPSA) is 55.5 Å². The average molecular weight is 263 g/mol. The molecule has 1 aromatic carbocycles. The molecule has 0 bridgehead atoms. The molecule has 102 valence electrons. The van der Waals surface area contributed by atoms with Crippen molar-refractivity contribution in [1.29, 1.82) is 0 Å². The Morgan fingerprint density at radius 1 is 1.28 bits per heavy atom. The second-order valence-electron chi connectivity index (χ2n) is 4.00. The summed E-state index contributed by atoms with van der Waals surface area (Å²) < 4.78 is 39.6.